The molecule has 2 rings (SSSR count). The summed E-state index contributed by atoms with van der Waals surface area (Å²) >= 11 is 0. The first-order valence-electron chi connectivity index (χ1n) is 6.07. The van der Waals surface area contributed by atoms with Crippen LogP contribution in [-0.2, 0) is 9.53 Å². The van der Waals surface area contributed by atoms with Crippen LogP contribution < -0.4 is 10.6 Å². The second kappa shape index (κ2) is 4.34. The topological polar surface area (TPSA) is 50.4 Å². The quantitative estimate of drug-likeness (QED) is 0.735. The Kier molecular flexibility index (Phi) is 3.22. The molecule has 1 heterocycles. The van der Waals surface area contributed by atoms with Crippen LogP contribution in [-0.4, -0.2) is 38.3 Å². The lowest BCUT2D eigenvalue weighted by molar-refractivity contribution is -0.133. The molecule has 2 atom stereocenters. The normalized spacial score (nSPS) is 32.7. The van der Waals surface area contributed by atoms with E-state index in [9.17, 15) is 4.79 Å². The van der Waals surface area contributed by atoms with Gasteiger partial charge in [0, 0.05) is 25.0 Å². The minimum atomic E-state index is 0.0717. The molecule has 1 aliphatic heterocycles. The molecule has 1 saturated carbocycles. The van der Waals surface area contributed by atoms with E-state index in [0.29, 0.717) is 12.3 Å². The molecule has 0 bridgehead atoms. The molecular formula is C12H22N2O2. The van der Waals surface area contributed by atoms with E-state index in [1.807, 2.05) is 0 Å². The van der Waals surface area contributed by atoms with Gasteiger partial charge in [0.2, 0.25) is 5.91 Å². The number of hydrogen-bond acceptors (Lipinski definition) is 3. The first kappa shape index (κ1) is 11.9. The zero-order valence-corrected chi connectivity index (χ0v) is 10.4. The molecule has 1 amide bonds. The van der Waals surface area contributed by atoms with Crippen molar-refractivity contribution in [2.24, 2.45) is 11.3 Å². The van der Waals surface area contributed by atoms with Crippen molar-refractivity contribution in [3.63, 3.8) is 0 Å². The van der Waals surface area contributed by atoms with Crippen LogP contribution in [0, 0.1) is 11.3 Å². The summed E-state index contributed by atoms with van der Waals surface area (Å²) in [5.41, 5.74) is 0.0717. The van der Waals surface area contributed by atoms with Crippen molar-refractivity contribution in [3.8, 4) is 0 Å². The zero-order valence-electron chi connectivity index (χ0n) is 10.4. The van der Waals surface area contributed by atoms with Crippen LogP contribution in [0.5, 0.6) is 0 Å². The smallest absolute Gasteiger partial charge is 0.220 e. The van der Waals surface area contributed by atoms with Crippen LogP contribution >= 0.6 is 0 Å². The zero-order chi connectivity index (χ0) is 11.8. The SMILES string of the molecule is COC1CC(NC(=O)CC2CNC2)C1(C)C. The predicted molar refractivity (Wildman–Crippen MR) is 62.1 cm³/mol. The highest BCUT2D eigenvalue weighted by Crippen LogP contribution is 2.42. The third-order valence-corrected chi connectivity index (χ3v) is 4.14. The highest BCUT2D eigenvalue weighted by Gasteiger charge is 2.49. The molecule has 4 nitrogen and oxygen atoms in total. The van der Waals surface area contributed by atoms with Crippen molar-refractivity contribution in [3.05, 3.63) is 0 Å². The fourth-order valence-corrected chi connectivity index (χ4v) is 2.54. The molecule has 0 aromatic carbocycles. The van der Waals surface area contributed by atoms with Crippen molar-refractivity contribution in [2.45, 2.75) is 38.8 Å². The minimum absolute atomic E-state index is 0.0717. The Balaban J connectivity index is 1.75. The molecule has 0 radical (unpaired) electrons. The summed E-state index contributed by atoms with van der Waals surface area (Å²) < 4.78 is 5.37. The van der Waals surface area contributed by atoms with E-state index in [4.69, 9.17) is 4.74 Å². The Hall–Kier alpha value is -0.610. The number of rotatable bonds is 4. The van der Waals surface area contributed by atoms with Crippen molar-refractivity contribution in [1.29, 1.82) is 0 Å². The molecule has 0 aromatic heterocycles. The van der Waals surface area contributed by atoms with Gasteiger partial charge in [0.05, 0.1) is 6.10 Å². The van der Waals surface area contributed by atoms with Gasteiger partial charge in [-0.1, -0.05) is 13.8 Å². The fraction of sp³-hybridized carbons (Fsp3) is 0.917. The Morgan fingerprint density at radius 1 is 1.50 bits per heavy atom. The van der Waals surface area contributed by atoms with Gasteiger partial charge in [-0.15, -0.1) is 0 Å². The second-order valence-corrected chi connectivity index (χ2v) is 5.63. The van der Waals surface area contributed by atoms with Gasteiger partial charge in [0.1, 0.15) is 0 Å². The summed E-state index contributed by atoms with van der Waals surface area (Å²) in [4.78, 5) is 11.8. The third kappa shape index (κ3) is 2.09. The largest absolute Gasteiger partial charge is 0.381 e. The first-order valence-corrected chi connectivity index (χ1v) is 6.07. The Labute approximate surface area is 97.1 Å². The summed E-state index contributed by atoms with van der Waals surface area (Å²) in [5, 5.41) is 6.30. The average Bonchev–Trinajstić information content (AvgIpc) is 2.17. The van der Waals surface area contributed by atoms with E-state index < -0.39 is 0 Å². The maximum atomic E-state index is 11.8. The van der Waals surface area contributed by atoms with Gasteiger partial charge in [-0.25, -0.2) is 0 Å². The van der Waals surface area contributed by atoms with Crippen LogP contribution in [0.1, 0.15) is 26.7 Å². The standard InChI is InChI=1S/C12H22N2O2/c1-12(2)9(5-10(12)16-3)14-11(15)4-8-6-13-7-8/h8-10,13H,4-7H2,1-3H3,(H,14,15). The average molecular weight is 226 g/mol. The van der Waals surface area contributed by atoms with E-state index >= 15 is 0 Å². The number of amides is 1. The van der Waals surface area contributed by atoms with Gasteiger partial charge in [-0.2, -0.15) is 0 Å². The van der Waals surface area contributed by atoms with Gasteiger partial charge in [-0.05, 0) is 25.4 Å². The molecule has 1 aliphatic carbocycles. The highest BCUT2D eigenvalue weighted by atomic mass is 16.5. The molecule has 2 aliphatic rings. The summed E-state index contributed by atoms with van der Waals surface area (Å²) in [6.45, 7) is 6.28. The summed E-state index contributed by atoms with van der Waals surface area (Å²) in [7, 11) is 1.74. The number of hydrogen-bond donors (Lipinski definition) is 2. The number of carbonyl (C=O) groups excluding carboxylic acids is 1. The number of nitrogens with one attached hydrogen (secondary N) is 2. The Morgan fingerprint density at radius 2 is 2.19 bits per heavy atom. The lowest BCUT2D eigenvalue weighted by Gasteiger charge is -2.51. The Morgan fingerprint density at radius 3 is 2.62 bits per heavy atom. The summed E-state index contributed by atoms with van der Waals surface area (Å²) in [5.74, 6) is 0.737. The van der Waals surface area contributed by atoms with Gasteiger partial charge < -0.3 is 15.4 Å². The minimum Gasteiger partial charge on any atom is -0.381 e. The Bertz CT molecular complexity index is 274. The summed E-state index contributed by atoms with van der Waals surface area (Å²) in [6, 6.07) is 0.276. The molecule has 16 heavy (non-hydrogen) atoms. The van der Waals surface area contributed by atoms with Gasteiger partial charge in [0.25, 0.3) is 0 Å². The molecule has 0 spiro atoms. The van der Waals surface area contributed by atoms with E-state index in [1.165, 1.54) is 0 Å². The van der Waals surface area contributed by atoms with Gasteiger partial charge >= 0.3 is 0 Å². The molecule has 4 heteroatoms. The second-order valence-electron chi connectivity index (χ2n) is 5.63. The molecule has 92 valence electrons. The lowest BCUT2D eigenvalue weighted by atomic mass is 9.64. The van der Waals surface area contributed by atoms with Gasteiger partial charge in [-0.3, -0.25) is 4.79 Å². The van der Waals surface area contributed by atoms with Crippen LogP contribution in [0.25, 0.3) is 0 Å². The first-order chi connectivity index (χ1) is 7.54. The highest BCUT2D eigenvalue weighted by molar-refractivity contribution is 5.77. The maximum Gasteiger partial charge on any atom is 0.220 e. The van der Waals surface area contributed by atoms with Crippen molar-refractivity contribution < 1.29 is 9.53 Å². The molecule has 0 aromatic rings. The van der Waals surface area contributed by atoms with E-state index in [-0.39, 0.29) is 23.5 Å². The number of carbonyl (C=O) groups is 1. The van der Waals surface area contributed by atoms with Crippen LogP contribution in [0.3, 0.4) is 0 Å². The number of ether oxygens (including phenoxy) is 1. The van der Waals surface area contributed by atoms with E-state index in [2.05, 4.69) is 24.5 Å². The molecule has 2 fully saturated rings. The monoisotopic (exact) mass is 226 g/mol. The maximum absolute atomic E-state index is 11.8. The van der Waals surface area contributed by atoms with Crippen LogP contribution in [0.4, 0.5) is 0 Å². The van der Waals surface area contributed by atoms with E-state index in [0.717, 1.165) is 19.5 Å². The fourth-order valence-electron chi connectivity index (χ4n) is 2.54. The third-order valence-electron chi connectivity index (χ3n) is 4.14. The van der Waals surface area contributed by atoms with Crippen molar-refractivity contribution in [2.75, 3.05) is 20.2 Å². The molecule has 1 saturated heterocycles. The number of methoxy groups -OCH3 is 1. The predicted octanol–water partition coefficient (Wildman–Crippen LogP) is 0.526. The molecule has 2 unspecified atom stereocenters. The van der Waals surface area contributed by atoms with Crippen molar-refractivity contribution in [1.82, 2.24) is 10.6 Å². The van der Waals surface area contributed by atoms with Gasteiger partial charge in [0.15, 0.2) is 0 Å². The lowest BCUT2D eigenvalue weighted by Crippen LogP contribution is -2.62. The van der Waals surface area contributed by atoms with Crippen molar-refractivity contribution >= 4 is 5.91 Å². The molecule has 2 N–H and O–H groups in total. The van der Waals surface area contributed by atoms with Crippen LogP contribution in [0.2, 0.25) is 0 Å². The molecular weight excluding hydrogens is 204 g/mol. The van der Waals surface area contributed by atoms with Crippen LogP contribution in [0.15, 0.2) is 0 Å². The summed E-state index contributed by atoms with van der Waals surface area (Å²) in [6.07, 6.45) is 1.89. The van der Waals surface area contributed by atoms with E-state index in [1.54, 1.807) is 7.11 Å².